The van der Waals surface area contributed by atoms with E-state index in [1.54, 1.807) is 18.2 Å². The van der Waals surface area contributed by atoms with Gasteiger partial charge in [0.2, 0.25) is 21.8 Å². The molecule has 1 N–H and O–H groups in total. The van der Waals surface area contributed by atoms with Crippen molar-refractivity contribution in [1.82, 2.24) is 10.2 Å². The predicted molar refractivity (Wildman–Crippen MR) is 158 cm³/mol. The first-order valence-corrected chi connectivity index (χ1v) is 15.4. The van der Waals surface area contributed by atoms with E-state index in [-0.39, 0.29) is 28.7 Å². The lowest BCUT2D eigenvalue weighted by Crippen LogP contribution is -2.53. The van der Waals surface area contributed by atoms with E-state index in [0.717, 1.165) is 28.3 Å². The fraction of sp³-hybridized carbons (Fsp3) is 0.286. The average molecular weight is 629 g/mol. The number of carbonyl (C=O) groups excluding carboxylic acids is 2. The first-order valence-electron chi connectivity index (χ1n) is 12.4. The highest BCUT2D eigenvalue weighted by Gasteiger charge is 2.33. The predicted octanol–water partition coefficient (Wildman–Crippen LogP) is 5.72. The van der Waals surface area contributed by atoms with Gasteiger partial charge in [-0.1, -0.05) is 78.1 Å². The molecule has 3 rings (SSSR count). The van der Waals surface area contributed by atoms with E-state index < -0.39 is 40.2 Å². The average Bonchev–Trinajstić information content (AvgIpc) is 2.91. The SMILES string of the molecule is CCCNC(=O)C(Cc1ccccc1)N(Cc1ccc(Cl)c(Cl)c1)C(=O)CN(c1ccc(F)c(Cl)c1)S(C)(=O)=O. The van der Waals surface area contributed by atoms with Gasteiger partial charge in [0.1, 0.15) is 18.4 Å². The van der Waals surface area contributed by atoms with E-state index in [4.69, 9.17) is 34.8 Å². The fourth-order valence-corrected chi connectivity index (χ4v) is 5.35. The lowest BCUT2D eigenvalue weighted by Gasteiger charge is -2.33. The summed E-state index contributed by atoms with van der Waals surface area (Å²) in [5.41, 5.74) is 1.39. The Hall–Kier alpha value is -2.85. The van der Waals surface area contributed by atoms with Gasteiger partial charge in [0.25, 0.3) is 0 Å². The highest BCUT2D eigenvalue weighted by atomic mass is 35.5. The molecule has 0 spiro atoms. The second-order valence-electron chi connectivity index (χ2n) is 9.13. The number of carbonyl (C=O) groups is 2. The number of halogens is 4. The van der Waals surface area contributed by atoms with E-state index in [1.807, 2.05) is 37.3 Å². The van der Waals surface area contributed by atoms with E-state index >= 15 is 0 Å². The van der Waals surface area contributed by atoms with E-state index in [2.05, 4.69) is 5.32 Å². The van der Waals surface area contributed by atoms with Crippen LogP contribution in [0.25, 0.3) is 0 Å². The van der Waals surface area contributed by atoms with Crippen LogP contribution in [0.1, 0.15) is 24.5 Å². The summed E-state index contributed by atoms with van der Waals surface area (Å²) >= 11 is 18.2. The van der Waals surface area contributed by atoms with E-state index in [9.17, 15) is 22.4 Å². The number of amides is 2. The lowest BCUT2D eigenvalue weighted by molar-refractivity contribution is -0.140. The van der Waals surface area contributed by atoms with E-state index in [1.165, 1.54) is 11.0 Å². The van der Waals surface area contributed by atoms with Crippen LogP contribution in [-0.4, -0.2) is 50.5 Å². The van der Waals surface area contributed by atoms with Gasteiger partial charge in [-0.2, -0.15) is 0 Å². The number of nitrogens with one attached hydrogen (secondary N) is 1. The summed E-state index contributed by atoms with van der Waals surface area (Å²) in [5, 5.41) is 3.14. The maximum absolute atomic E-state index is 14.0. The van der Waals surface area contributed by atoms with Gasteiger partial charge in [-0.25, -0.2) is 12.8 Å². The zero-order valence-corrected chi connectivity index (χ0v) is 25.0. The van der Waals surface area contributed by atoms with Crippen molar-refractivity contribution in [1.29, 1.82) is 0 Å². The van der Waals surface area contributed by atoms with Gasteiger partial charge >= 0.3 is 0 Å². The van der Waals surface area contributed by atoms with Crippen molar-refractivity contribution in [2.45, 2.75) is 32.4 Å². The summed E-state index contributed by atoms with van der Waals surface area (Å²) < 4.78 is 40.2. The largest absolute Gasteiger partial charge is 0.354 e. The molecule has 0 aliphatic carbocycles. The van der Waals surface area contributed by atoms with Crippen molar-refractivity contribution >= 4 is 62.3 Å². The molecule has 3 aromatic carbocycles. The van der Waals surface area contributed by atoms with Crippen LogP contribution in [0, 0.1) is 5.82 Å². The van der Waals surface area contributed by atoms with Crippen LogP contribution in [0.4, 0.5) is 10.1 Å². The first-order chi connectivity index (χ1) is 18.9. The number of hydrogen-bond donors (Lipinski definition) is 1. The Morgan fingerprint density at radius 1 is 0.925 bits per heavy atom. The van der Waals surface area contributed by atoms with Crippen LogP contribution in [0.5, 0.6) is 0 Å². The summed E-state index contributed by atoms with van der Waals surface area (Å²) in [6.07, 6.45) is 1.78. The van der Waals surface area contributed by atoms with Crippen LogP contribution < -0.4 is 9.62 Å². The number of rotatable bonds is 12. The Bertz CT molecular complexity index is 1460. The standard InChI is InChI=1S/C28H29Cl3FN3O4S/c1-3-13-33-28(37)26(15-19-7-5-4-6-8-19)34(17-20-9-11-22(29)23(30)14-20)27(36)18-35(40(2,38)39)21-10-12-25(32)24(31)16-21/h4-12,14,16,26H,3,13,15,17-18H2,1-2H3,(H,33,37). The highest BCUT2D eigenvalue weighted by Crippen LogP contribution is 2.27. The molecule has 0 aliphatic rings. The van der Waals surface area contributed by atoms with Gasteiger partial charge in [0.15, 0.2) is 0 Å². The van der Waals surface area contributed by atoms with Gasteiger partial charge in [-0.15, -0.1) is 0 Å². The summed E-state index contributed by atoms with van der Waals surface area (Å²) in [5.74, 6) is -1.79. The minimum absolute atomic E-state index is 0.00628. The minimum atomic E-state index is -4.01. The van der Waals surface area contributed by atoms with Gasteiger partial charge in [-0.3, -0.25) is 13.9 Å². The Morgan fingerprint density at radius 2 is 1.62 bits per heavy atom. The third-order valence-corrected chi connectivity index (χ3v) is 8.20. The van der Waals surface area contributed by atoms with Crippen molar-refractivity contribution in [2.75, 3.05) is 23.7 Å². The molecule has 0 heterocycles. The summed E-state index contributed by atoms with van der Waals surface area (Å²) in [6, 6.07) is 16.4. The zero-order valence-electron chi connectivity index (χ0n) is 21.9. The maximum atomic E-state index is 14.0. The topological polar surface area (TPSA) is 86.8 Å². The summed E-state index contributed by atoms with van der Waals surface area (Å²) in [4.78, 5) is 28.7. The molecule has 0 radical (unpaired) electrons. The Morgan fingerprint density at radius 3 is 2.23 bits per heavy atom. The molecule has 0 aliphatic heterocycles. The highest BCUT2D eigenvalue weighted by molar-refractivity contribution is 7.92. The molecule has 0 fully saturated rings. The van der Waals surface area contributed by atoms with Crippen LogP contribution in [-0.2, 0) is 32.6 Å². The molecule has 1 atom stereocenters. The fourth-order valence-electron chi connectivity index (χ4n) is 4.01. The molecule has 3 aromatic rings. The molecule has 0 saturated carbocycles. The molecule has 214 valence electrons. The molecule has 0 saturated heterocycles. The van der Waals surface area contributed by atoms with Crippen LogP contribution in [0.2, 0.25) is 15.1 Å². The smallest absolute Gasteiger partial charge is 0.244 e. The number of sulfonamides is 1. The normalized spacial score (nSPS) is 12.1. The molecule has 0 bridgehead atoms. The van der Waals surface area contributed by atoms with Gasteiger partial charge in [0.05, 0.1) is 27.0 Å². The minimum Gasteiger partial charge on any atom is -0.354 e. The zero-order chi connectivity index (χ0) is 29.4. The molecular formula is C28H29Cl3FN3O4S. The molecule has 0 aromatic heterocycles. The second kappa shape index (κ2) is 14.2. The van der Waals surface area contributed by atoms with Crippen molar-refractivity contribution in [3.63, 3.8) is 0 Å². The summed E-state index contributed by atoms with van der Waals surface area (Å²) in [6.45, 7) is 1.58. The Kier molecular flexibility index (Phi) is 11.2. The molecular weight excluding hydrogens is 600 g/mol. The Balaban J connectivity index is 2.07. The van der Waals surface area contributed by atoms with Crippen molar-refractivity contribution < 1.29 is 22.4 Å². The third kappa shape index (κ3) is 8.57. The van der Waals surface area contributed by atoms with Crippen molar-refractivity contribution in [2.24, 2.45) is 0 Å². The number of nitrogens with zero attached hydrogens (tertiary/aromatic N) is 2. The second-order valence-corrected chi connectivity index (χ2v) is 12.3. The number of benzene rings is 3. The lowest BCUT2D eigenvalue weighted by atomic mass is 10.0. The third-order valence-electron chi connectivity index (χ3n) is 6.03. The summed E-state index contributed by atoms with van der Waals surface area (Å²) in [7, 11) is -4.01. The Labute approximate surface area is 248 Å². The molecule has 12 heteroatoms. The number of hydrogen-bond acceptors (Lipinski definition) is 4. The van der Waals surface area contributed by atoms with E-state index in [0.29, 0.717) is 23.6 Å². The van der Waals surface area contributed by atoms with Crippen LogP contribution >= 0.6 is 34.8 Å². The monoisotopic (exact) mass is 627 g/mol. The molecule has 7 nitrogen and oxygen atoms in total. The molecule has 1 unspecified atom stereocenters. The molecule has 2 amide bonds. The van der Waals surface area contributed by atoms with Crippen molar-refractivity contribution in [3.8, 4) is 0 Å². The first kappa shape index (κ1) is 31.7. The van der Waals surface area contributed by atoms with Gasteiger partial charge < -0.3 is 10.2 Å². The number of anilines is 1. The van der Waals surface area contributed by atoms with Crippen molar-refractivity contribution in [3.05, 3.63) is 98.7 Å². The van der Waals surface area contributed by atoms with Crippen LogP contribution in [0.3, 0.4) is 0 Å². The molecule has 40 heavy (non-hydrogen) atoms. The van der Waals surface area contributed by atoms with Gasteiger partial charge in [0, 0.05) is 19.5 Å². The van der Waals surface area contributed by atoms with Crippen LogP contribution in [0.15, 0.2) is 66.7 Å². The maximum Gasteiger partial charge on any atom is 0.244 e. The quantitative estimate of drug-likeness (QED) is 0.278. The van der Waals surface area contributed by atoms with Gasteiger partial charge in [-0.05, 0) is 47.9 Å².